The van der Waals surface area contributed by atoms with Gasteiger partial charge in [0, 0.05) is 12.8 Å². The van der Waals surface area contributed by atoms with Gasteiger partial charge >= 0.3 is 11.9 Å². The number of hydrogen-bond donors (Lipinski definition) is 0. The van der Waals surface area contributed by atoms with E-state index in [1.807, 2.05) is 6.92 Å². The number of carbonyl (C=O) groups excluding carboxylic acids is 2. The van der Waals surface area contributed by atoms with E-state index >= 15 is 0 Å². The predicted octanol–water partition coefficient (Wildman–Crippen LogP) is 4.19. The van der Waals surface area contributed by atoms with Gasteiger partial charge in [-0.05, 0) is 12.8 Å². The van der Waals surface area contributed by atoms with Gasteiger partial charge < -0.3 is 9.47 Å². The highest BCUT2D eigenvalue weighted by atomic mass is 19.2. The van der Waals surface area contributed by atoms with Crippen molar-refractivity contribution in [2.24, 2.45) is 0 Å². The summed E-state index contributed by atoms with van der Waals surface area (Å²) >= 11 is 0. The lowest BCUT2D eigenvalue weighted by Crippen LogP contribution is -2.14. The van der Waals surface area contributed by atoms with Crippen LogP contribution in [0.3, 0.4) is 0 Å². The highest BCUT2D eigenvalue weighted by Crippen LogP contribution is 2.29. The van der Waals surface area contributed by atoms with Gasteiger partial charge in [-0.1, -0.05) is 19.8 Å². The number of benzene rings is 1. The van der Waals surface area contributed by atoms with Crippen molar-refractivity contribution in [2.75, 3.05) is 6.61 Å². The number of rotatable bonds is 9. The van der Waals surface area contributed by atoms with Gasteiger partial charge in [-0.2, -0.15) is 8.78 Å². The Morgan fingerprint density at radius 1 is 0.760 bits per heavy atom. The molecule has 140 valence electrons. The van der Waals surface area contributed by atoms with Gasteiger partial charge in [0.1, 0.15) is 0 Å². The molecule has 0 saturated heterocycles. The third-order valence-electron chi connectivity index (χ3n) is 3.16. The van der Waals surface area contributed by atoms with Crippen molar-refractivity contribution < 1.29 is 41.0 Å². The van der Waals surface area contributed by atoms with Crippen molar-refractivity contribution >= 4 is 11.9 Å². The smallest absolute Gasteiger partial charge is 0.311 e. The van der Waals surface area contributed by atoms with E-state index in [2.05, 4.69) is 4.74 Å². The molecule has 0 spiro atoms. The van der Waals surface area contributed by atoms with E-state index in [4.69, 9.17) is 4.74 Å². The molecule has 0 radical (unpaired) electrons. The minimum Gasteiger partial charge on any atom is -0.466 e. The molecule has 0 aromatic heterocycles. The number of unbranched alkanes of at least 4 members (excludes halogenated alkanes) is 2. The van der Waals surface area contributed by atoms with Crippen LogP contribution in [0.5, 0.6) is 5.75 Å². The summed E-state index contributed by atoms with van der Waals surface area (Å²) in [7, 11) is 0. The quantitative estimate of drug-likeness (QED) is 0.164. The van der Waals surface area contributed by atoms with Crippen molar-refractivity contribution in [3.63, 3.8) is 0 Å². The summed E-state index contributed by atoms with van der Waals surface area (Å²) in [5, 5.41) is 0. The van der Waals surface area contributed by atoms with Crippen LogP contribution in [0.1, 0.15) is 45.4 Å². The zero-order chi connectivity index (χ0) is 19.0. The van der Waals surface area contributed by atoms with E-state index in [1.54, 1.807) is 0 Å². The molecular weight excluding hydrogens is 351 g/mol. The van der Waals surface area contributed by atoms with Crippen LogP contribution in [0.25, 0.3) is 0 Å². The molecule has 1 aromatic carbocycles. The number of hydrogen-bond acceptors (Lipinski definition) is 4. The Morgan fingerprint density at radius 3 is 1.84 bits per heavy atom. The molecule has 0 fully saturated rings. The molecule has 0 heterocycles. The second kappa shape index (κ2) is 9.95. The average Bonchev–Trinajstić information content (AvgIpc) is 2.59. The first-order chi connectivity index (χ1) is 11.8. The van der Waals surface area contributed by atoms with E-state index in [9.17, 15) is 31.5 Å². The van der Waals surface area contributed by atoms with Crippen molar-refractivity contribution in [2.45, 2.75) is 45.4 Å². The van der Waals surface area contributed by atoms with Gasteiger partial charge in [0.15, 0.2) is 0 Å². The third kappa shape index (κ3) is 5.99. The maximum atomic E-state index is 13.3. The molecule has 1 rings (SSSR count). The molecule has 1 aromatic rings. The molecule has 0 aliphatic rings. The monoisotopic (exact) mass is 368 g/mol. The Bertz CT molecular complexity index is 604. The van der Waals surface area contributed by atoms with Crippen LogP contribution >= 0.6 is 0 Å². The van der Waals surface area contributed by atoms with Crippen LogP contribution < -0.4 is 4.74 Å². The maximum absolute atomic E-state index is 13.3. The van der Waals surface area contributed by atoms with Gasteiger partial charge in [-0.15, -0.1) is 0 Å². The van der Waals surface area contributed by atoms with Crippen LogP contribution in [0, 0.1) is 29.1 Å². The molecule has 0 amide bonds. The standard InChI is InChI=1S/C16H17F5O4/c1-2-3-4-8-24-9(22)6-5-7-10(23)25-16-14(20)12(18)11(17)13(19)15(16)21/h2-8H2,1H3. The topological polar surface area (TPSA) is 52.6 Å². The fraction of sp³-hybridized carbons (Fsp3) is 0.500. The number of ether oxygens (including phenoxy) is 2. The fourth-order valence-electron chi connectivity index (χ4n) is 1.83. The summed E-state index contributed by atoms with van der Waals surface area (Å²) in [6.07, 6.45) is 1.93. The van der Waals surface area contributed by atoms with Gasteiger partial charge in [0.05, 0.1) is 6.61 Å². The predicted molar refractivity (Wildman–Crippen MR) is 76.2 cm³/mol. The molecular formula is C16H17F5O4. The third-order valence-corrected chi connectivity index (χ3v) is 3.16. The summed E-state index contributed by atoms with van der Waals surface area (Å²) in [5.41, 5.74) is 0. The summed E-state index contributed by atoms with van der Waals surface area (Å²) in [5.74, 6) is -14.7. The van der Waals surface area contributed by atoms with Crippen molar-refractivity contribution in [3.05, 3.63) is 29.1 Å². The van der Waals surface area contributed by atoms with E-state index in [0.717, 1.165) is 12.8 Å². The lowest BCUT2D eigenvalue weighted by molar-refractivity contribution is -0.144. The van der Waals surface area contributed by atoms with Crippen molar-refractivity contribution in [1.29, 1.82) is 0 Å². The lowest BCUT2D eigenvalue weighted by Gasteiger charge is -2.09. The van der Waals surface area contributed by atoms with E-state index in [0.29, 0.717) is 6.42 Å². The lowest BCUT2D eigenvalue weighted by atomic mass is 10.2. The van der Waals surface area contributed by atoms with Crippen LogP contribution in [-0.2, 0) is 14.3 Å². The van der Waals surface area contributed by atoms with Gasteiger partial charge in [-0.3, -0.25) is 9.59 Å². The van der Waals surface area contributed by atoms with Gasteiger partial charge in [-0.25, -0.2) is 13.2 Å². The zero-order valence-electron chi connectivity index (χ0n) is 13.5. The second-order valence-electron chi connectivity index (χ2n) is 5.15. The molecule has 4 nitrogen and oxygen atoms in total. The molecule has 0 N–H and O–H groups in total. The van der Waals surface area contributed by atoms with Gasteiger partial charge in [0.25, 0.3) is 0 Å². The van der Waals surface area contributed by atoms with Crippen molar-refractivity contribution in [1.82, 2.24) is 0 Å². The summed E-state index contributed by atoms with van der Waals surface area (Å²) in [6.45, 7) is 2.24. The van der Waals surface area contributed by atoms with Crippen LogP contribution in [0.15, 0.2) is 0 Å². The Labute approximate surface area is 140 Å². The Morgan fingerprint density at radius 2 is 1.28 bits per heavy atom. The molecule has 0 bridgehead atoms. The van der Waals surface area contributed by atoms with E-state index in [1.165, 1.54) is 0 Å². The molecule has 0 aliphatic heterocycles. The largest absolute Gasteiger partial charge is 0.466 e. The Hall–Kier alpha value is -2.19. The van der Waals surface area contributed by atoms with Crippen LogP contribution in [0.2, 0.25) is 0 Å². The molecule has 9 heteroatoms. The maximum Gasteiger partial charge on any atom is 0.311 e. The fourth-order valence-corrected chi connectivity index (χ4v) is 1.83. The molecule has 0 saturated carbocycles. The summed E-state index contributed by atoms with van der Waals surface area (Å²) < 4.78 is 74.6. The Balaban J connectivity index is 2.49. The van der Waals surface area contributed by atoms with Gasteiger partial charge in [0.2, 0.25) is 34.8 Å². The highest BCUT2D eigenvalue weighted by Gasteiger charge is 2.28. The first-order valence-electron chi connectivity index (χ1n) is 7.67. The van der Waals surface area contributed by atoms with Crippen molar-refractivity contribution in [3.8, 4) is 5.75 Å². The minimum absolute atomic E-state index is 0.0547. The summed E-state index contributed by atoms with van der Waals surface area (Å²) in [6, 6.07) is 0. The first-order valence-corrected chi connectivity index (χ1v) is 7.67. The highest BCUT2D eigenvalue weighted by molar-refractivity contribution is 5.74. The Kier molecular flexibility index (Phi) is 8.30. The number of halogens is 5. The zero-order valence-corrected chi connectivity index (χ0v) is 13.5. The van der Waals surface area contributed by atoms with Crippen LogP contribution in [-0.4, -0.2) is 18.5 Å². The number of esters is 2. The van der Waals surface area contributed by atoms with Crippen LogP contribution in [0.4, 0.5) is 22.0 Å². The minimum atomic E-state index is -2.35. The molecule has 0 unspecified atom stereocenters. The molecule has 25 heavy (non-hydrogen) atoms. The molecule has 0 atom stereocenters. The molecule has 0 aliphatic carbocycles. The first kappa shape index (κ1) is 20.9. The van der Waals surface area contributed by atoms with E-state index < -0.39 is 53.2 Å². The SMILES string of the molecule is CCCCCOC(=O)CCCC(=O)Oc1c(F)c(F)c(F)c(F)c1F. The summed E-state index contributed by atoms with van der Waals surface area (Å²) in [4.78, 5) is 22.8. The number of carbonyl (C=O) groups is 2. The average molecular weight is 368 g/mol. The second-order valence-corrected chi connectivity index (χ2v) is 5.15. The normalized spacial score (nSPS) is 10.6. The van der Waals surface area contributed by atoms with E-state index in [-0.39, 0.29) is 19.4 Å².